The molecule has 1 aliphatic carbocycles. The third kappa shape index (κ3) is 4.29. The van der Waals surface area contributed by atoms with Gasteiger partial charge in [-0.25, -0.2) is 9.97 Å². The summed E-state index contributed by atoms with van der Waals surface area (Å²) in [4.78, 5) is 26.6. The van der Waals surface area contributed by atoms with Crippen LogP contribution in [0.25, 0.3) is 0 Å². The predicted octanol–water partition coefficient (Wildman–Crippen LogP) is 1.87. The van der Waals surface area contributed by atoms with E-state index in [4.69, 9.17) is 10.5 Å². The minimum absolute atomic E-state index is 0.0160. The maximum atomic E-state index is 12.2. The summed E-state index contributed by atoms with van der Waals surface area (Å²) in [6.07, 6.45) is 2.24. The molecule has 0 bridgehead atoms. The van der Waals surface area contributed by atoms with Gasteiger partial charge in [-0.05, 0) is 19.9 Å². The van der Waals surface area contributed by atoms with Crippen LogP contribution >= 0.6 is 0 Å². The predicted molar refractivity (Wildman–Crippen MR) is 108 cm³/mol. The molecule has 1 aliphatic heterocycles. The number of carbonyl (C=O) groups is 1. The zero-order valence-corrected chi connectivity index (χ0v) is 17.2. The van der Waals surface area contributed by atoms with Crippen LogP contribution in [0, 0.1) is 6.92 Å². The Morgan fingerprint density at radius 1 is 1.35 bits per heavy atom. The maximum Gasteiger partial charge on any atom is 0.388 e. The van der Waals surface area contributed by atoms with Crippen molar-refractivity contribution in [1.29, 1.82) is 0 Å². The molecule has 0 radical (unpaired) electrons. The Hall–Kier alpha value is -3.28. The third-order valence-corrected chi connectivity index (χ3v) is 5.37. The van der Waals surface area contributed by atoms with Gasteiger partial charge in [-0.2, -0.15) is 13.8 Å². The van der Waals surface area contributed by atoms with Crippen molar-refractivity contribution in [3.8, 4) is 11.6 Å². The molecule has 0 aromatic carbocycles. The molecule has 2 aromatic heterocycles. The topological polar surface area (TPSA) is 128 Å². The fourth-order valence-electron chi connectivity index (χ4n) is 3.58. The van der Waals surface area contributed by atoms with Crippen molar-refractivity contribution in [1.82, 2.24) is 15.0 Å². The van der Waals surface area contributed by atoms with E-state index in [2.05, 4.69) is 30.3 Å². The summed E-state index contributed by atoms with van der Waals surface area (Å²) in [5, 5.41) is 6.09. The monoisotopic (exact) mass is 435 g/mol. The minimum Gasteiger partial charge on any atom is -0.471 e. The second-order valence-corrected chi connectivity index (χ2v) is 7.73. The van der Waals surface area contributed by atoms with Crippen LogP contribution in [0.1, 0.15) is 25.5 Å². The first kappa shape index (κ1) is 21.0. The van der Waals surface area contributed by atoms with Gasteiger partial charge < -0.3 is 25.0 Å². The molecule has 2 aromatic rings. The Balaban J connectivity index is 1.37. The molecule has 1 saturated carbocycles. The van der Waals surface area contributed by atoms with Crippen LogP contribution in [-0.2, 0) is 4.79 Å². The van der Waals surface area contributed by atoms with E-state index in [0.717, 1.165) is 0 Å². The van der Waals surface area contributed by atoms with Gasteiger partial charge in [-0.3, -0.25) is 10.5 Å². The molecule has 1 atom stereocenters. The summed E-state index contributed by atoms with van der Waals surface area (Å²) in [5.74, 6) is 1.14. The molecule has 12 heteroatoms. The van der Waals surface area contributed by atoms with E-state index < -0.39 is 12.3 Å². The molecule has 3 heterocycles. The zero-order valence-electron chi connectivity index (χ0n) is 17.2. The van der Waals surface area contributed by atoms with Gasteiger partial charge in [0.15, 0.2) is 11.5 Å². The van der Waals surface area contributed by atoms with Gasteiger partial charge in [-0.15, -0.1) is 0 Å². The Morgan fingerprint density at radius 3 is 2.74 bits per heavy atom. The van der Waals surface area contributed by atoms with E-state index in [0.29, 0.717) is 41.7 Å². The number of aryl methyl sites for hydroxylation is 1. The number of amides is 1. The highest BCUT2D eigenvalue weighted by molar-refractivity contribution is 6.03. The first-order chi connectivity index (χ1) is 14.6. The number of halogens is 2. The zero-order chi connectivity index (χ0) is 22.3. The van der Waals surface area contributed by atoms with Gasteiger partial charge in [0.1, 0.15) is 17.5 Å². The van der Waals surface area contributed by atoms with E-state index >= 15 is 0 Å². The Morgan fingerprint density at radius 2 is 2.10 bits per heavy atom. The largest absolute Gasteiger partial charge is 0.471 e. The first-order valence-corrected chi connectivity index (χ1v) is 9.71. The first-order valence-electron chi connectivity index (χ1n) is 9.71. The van der Waals surface area contributed by atoms with E-state index in [1.807, 2.05) is 7.05 Å². The van der Waals surface area contributed by atoms with Crippen LogP contribution in [0.5, 0.6) is 11.6 Å². The molecular weight excluding hydrogens is 412 g/mol. The van der Waals surface area contributed by atoms with Crippen LogP contribution < -0.4 is 30.7 Å². The maximum absolute atomic E-state index is 12.2. The van der Waals surface area contributed by atoms with Gasteiger partial charge in [0.25, 0.3) is 0 Å². The highest BCUT2D eigenvalue weighted by Crippen LogP contribution is 2.36. The average molecular weight is 435 g/mol. The van der Waals surface area contributed by atoms with Crippen LogP contribution in [0.2, 0.25) is 0 Å². The lowest BCUT2D eigenvalue weighted by molar-refractivity contribution is -0.117. The molecule has 1 fully saturated rings. The lowest BCUT2D eigenvalue weighted by Crippen LogP contribution is -2.61. The number of hydrogen-bond donors (Lipinski definition) is 3. The molecule has 0 spiro atoms. The normalized spacial score (nSPS) is 24.9. The molecule has 4 rings (SSSR count). The van der Waals surface area contributed by atoms with E-state index in [1.54, 1.807) is 18.7 Å². The summed E-state index contributed by atoms with van der Waals surface area (Å²) in [6, 6.07) is 2.41. The van der Waals surface area contributed by atoms with Gasteiger partial charge in [-0.1, -0.05) is 0 Å². The number of aromatic nitrogens is 3. The lowest BCUT2D eigenvalue weighted by Gasteiger charge is -2.44. The molecule has 1 amide bonds. The SMILES string of the molecule is Cc1nc(N[C@H]2C[C@](N)(Oc3ccc(OC(F)F)nc3)C2)nc2c1NC(=O)[C@H](C)N2C. The fraction of sp³-hybridized carbons (Fsp3) is 0.474. The smallest absolute Gasteiger partial charge is 0.388 e. The van der Waals surface area contributed by atoms with Crippen LogP contribution in [0.4, 0.5) is 26.2 Å². The van der Waals surface area contributed by atoms with E-state index in [-0.39, 0.29) is 23.9 Å². The number of ether oxygens (including phenoxy) is 2. The molecule has 10 nitrogen and oxygen atoms in total. The number of nitrogens with zero attached hydrogens (tertiary/aromatic N) is 4. The second-order valence-electron chi connectivity index (χ2n) is 7.73. The molecule has 4 N–H and O–H groups in total. The summed E-state index contributed by atoms with van der Waals surface area (Å²) in [5.41, 5.74) is 6.60. The number of anilines is 3. The third-order valence-electron chi connectivity index (χ3n) is 5.37. The van der Waals surface area contributed by atoms with E-state index in [9.17, 15) is 13.6 Å². The number of alkyl halides is 2. The van der Waals surface area contributed by atoms with Crippen molar-refractivity contribution in [2.45, 2.75) is 51.1 Å². The number of carbonyl (C=O) groups excluding carboxylic acids is 1. The van der Waals surface area contributed by atoms with Crippen molar-refractivity contribution in [3.63, 3.8) is 0 Å². The minimum atomic E-state index is -2.94. The Kier molecular flexibility index (Phi) is 5.25. The fourth-order valence-corrected chi connectivity index (χ4v) is 3.58. The highest BCUT2D eigenvalue weighted by atomic mass is 19.3. The quantitative estimate of drug-likeness (QED) is 0.583. The molecule has 31 heavy (non-hydrogen) atoms. The van der Waals surface area contributed by atoms with Gasteiger partial charge in [0.05, 0.1) is 11.9 Å². The van der Waals surface area contributed by atoms with Gasteiger partial charge in [0, 0.05) is 32.0 Å². The van der Waals surface area contributed by atoms with Crippen LogP contribution in [0.15, 0.2) is 18.3 Å². The number of rotatable bonds is 6. The summed E-state index contributed by atoms with van der Waals surface area (Å²) in [7, 11) is 1.81. The van der Waals surface area contributed by atoms with Crippen molar-refractivity contribution in [3.05, 3.63) is 24.0 Å². The second kappa shape index (κ2) is 7.76. The summed E-state index contributed by atoms with van der Waals surface area (Å²) >= 11 is 0. The van der Waals surface area contributed by atoms with Crippen LogP contribution in [0.3, 0.4) is 0 Å². The summed E-state index contributed by atoms with van der Waals surface area (Å²) in [6.45, 7) is 0.671. The Labute approximate surface area is 177 Å². The van der Waals surface area contributed by atoms with Crippen molar-refractivity contribution in [2.24, 2.45) is 5.73 Å². The van der Waals surface area contributed by atoms with Crippen molar-refractivity contribution < 1.29 is 23.0 Å². The molecular formula is C19H23F2N7O3. The molecule has 166 valence electrons. The number of pyridine rings is 1. The van der Waals surface area contributed by atoms with Gasteiger partial charge in [0.2, 0.25) is 17.7 Å². The average Bonchev–Trinajstić information content (AvgIpc) is 2.67. The number of nitrogens with one attached hydrogen (secondary N) is 2. The highest BCUT2D eigenvalue weighted by Gasteiger charge is 2.44. The Bertz CT molecular complexity index is 983. The number of likely N-dealkylation sites (N-methyl/N-ethyl adjacent to an activating group) is 1. The number of fused-ring (bicyclic) bond motifs is 1. The van der Waals surface area contributed by atoms with Crippen molar-refractivity contribution in [2.75, 3.05) is 22.6 Å². The summed E-state index contributed by atoms with van der Waals surface area (Å²) < 4.78 is 34.4. The van der Waals surface area contributed by atoms with Gasteiger partial charge >= 0.3 is 6.61 Å². The van der Waals surface area contributed by atoms with Crippen molar-refractivity contribution >= 4 is 23.4 Å². The molecule has 0 unspecified atom stereocenters. The number of nitrogens with two attached hydrogens (primary N) is 1. The van der Waals surface area contributed by atoms with E-state index in [1.165, 1.54) is 18.3 Å². The van der Waals surface area contributed by atoms with Crippen LogP contribution in [-0.4, -0.2) is 52.3 Å². The standard InChI is InChI=1S/C19H23F2N7O3/c1-9-14-15(28(3)10(2)16(29)26-14)27-18(24-9)25-11-6-19(22,7-11)31-12-4-5-13(23-8-12)30-17(20)21/h4-5,8,10-11,17H,6-7,22H2,1-3H3,(H,26,29)(H,24,25,27)/t10-,11-,19-/m0/s1. The number of hydrogen-bond acceptors (Lipinski definition) is 9. The lowest BCUT2D eigenvalue weighted by atomic mass is 9.83. The molecule has 0 saturated heterocycles. The molecule has 2 aliphatic rings.